The molecule has 0 atom stereocenters. The molecule has 0 aromatic carbocycles. The molecule has 1 aliphatic rings. The smallest absolute Gasteiger partial charge is 0.240 e. The molecule has 0 aliphatic carbocycles. The fraction of sp³-hybridized carbons (Fsp3) is 0.769. The minimum Gasteiger partial charge on any atom is -0.340 e. The highest BCUT2D eigenvalue weighted by atomic mass is 16.5. The molecule has 0 saturated carbocycles. The fourth-order valence-electron chi connectivity index (χ4n) is 2.21. The average Bonchev–Trinajstić information content (AvgIpc) is 2.76. The Morgan fingerprint density at radius 3 is 2.58 bits per heavy atom. The summed E-state index contributed by atoms with van der Waals surface area (Å²) in [5.74, 6) is 2.14. The maximum atomic E-state index is 11.2. The Labute approximate surface area is 113 Å². The van der Waals surface area contributed by atoms with Gasteiger partial charge in [0, 0.05) is 39.5 Å². The molecule has 19 heavy (non-hydrogen) atoms. The highest BCUT2D eigenvalue weighted by Gasteiger charge is 2.20. The number of carbonyl (C=O) groups excluding carboxylic acids is 1. The lowest BCUT2D eigenvalue weighted by Crippen LogP contribution is -2.47. The minimum absolute atomic E-state index is 0.150. The molecule has 1 saturated heterocycles. The van der Waals surface area contributed by atoms with Crippen molar-refractivity contribution in [3.8, 4) is 0 Å². The summed E-state index contributed by atoms with van der Waals surface area (Å²) in [4.78, 5) is 19.7. The van der Waals surface area contributed by atoms with E-state index in [1.54, 1.807) is 6.92 Å². The molecule has 2 rings (SSSR count). The SMILES string of the molecule is CC(=O)N1CCN(Cc2nc(CC(C)C)no2)CC1. The second-order valence-corrected chi connectivity index (χ2v) is 5.48. The van der Waals surface area contributed by atoms with Crippen molar-refractivity contribution in [2.45, 2.75) is 33.7 Å². The lowest BCUT2D eigenvalue weighted by Gasteiger charge is -2.33. The number of rotatable bonds is 4. The number of hydrogen-bond acceptors (Lipinski definition) is 5. The summed E-state index contributed by atoms with van der Waals surface area (Å²) in [6, 6.07) is 0. The van der Waals surface area contributed by atoms with Gasteiger partial charge in [-0.2, -0.15) is 4.98 Å². The lowest BCUT2D eigenvalue weighted by molar-refractivity contribution is -0.130. The first-order chi connectivity index (χ1) is 9.04. The highest BCUT2D eigenvalue weighted by Crippen LogP contribution is 2.09. The monoisotopic (exact) mass is 266 g/mol. The van der Waals surface area contributed by atoms with Gasteiger partial charge < -0.3 is 9.42 Å². The zero-order valence-corrected chi connectivity index (χ0v) is 11.9. The number of piperazine rings is 1. The van der Waals surface area contributed by atoms with Crippen LogP contribution in [0, 0.1) is 5.92 Å². The van der Waals surface area contributed by atoms with Crippen molar-refractivity contribution in [1.82, 2.24) is 19.9 Å². The van der Waals surface area contributed by atoms with E-state index in [1.807, 2.05) is 4.90 Å². The quantitative estimate of drug-likeness (QED) is 0.811. The number of aromatic nitrogens is 2. The summed E-state index contributed by atoms with van der Waals surface area (Å²) >= 11 is 0. The molecule has 106 valence electrons. The van der Waals surface area contributed by atoms with Crippen molar-refractivity contribution in [3.63, 3.8) is 0 Å². The third kappa shape index (κ3) is 4.02. The second-order valence-electron chi connectivity index (χ2n) is 5.48. The van der Waals surface area contributed by atoms with Crippen molar-refractivity contribution >= 4 is 5.91 Å². The standard InChI is InChI=1S/C13H22N4O2/c1-10(2)8-12-14-13(19-15-12)9-16-4-6-17(7-5-16)11(3)18/h10H,4-9H2,1-3H3. The molecule has 1 aliphatic heterocycles. The summed E-state index contributed by atoms with van der Waals surface area (Å²) in [6.45, 7) is 9.85. The van der Waals surface area contributed by atoms with Crippen molar-refractivity contribution in [2.75, 3.05) is 26.2 Å². The van der Waals surface area contributed by atoms with Gasteiger partial charge in [-0.15, -0.1) is 0 Å². The maximum Gasteiger partial charge on any atom is 0.240 e. The minimum atomic E-state index is 0.150. The van der Waals surface area contributed by atoms with Crippen LogP contribution in [0.4, 0.5) is 0 Å². The van der Waals surface area contributed by atoms with Crippen molar-refractivity contribution in [3.05, 3.63) is 11.7 Å². The normalized spacial score (nSPS) is 17.2. The van der Waals surface area contributed by atoms with Gasteiger partial charge in [0.05, 0.1) is 6.54 Å². The molecule has 2 heterocycles. The predicted molar refractivity (Wildman–Crippen MR) is 70.4 cm³/mol. The Balaban J connectivity index is 1.82. The van der Waals surface area contributed by atoms with Crippen LogP contribution in [0.25, 0.3) is 0 Å². The summed E-state index contributed by atoms with van der Waals surface area (Å²) in [6.07, 6.45) is 0.849. The van der Waals surface area contributed by atoms with E-state index in [4.69, 9.17) is 4.52 Å². The van der Waals surface area contributed by atoms with Crippen LogP contribution in [0.15, 0.2) is 4.52 Å². The molecule has 0 spiro atoms. The zero-order chi connectivity index (χ0) is 13.8. The molecular weight excluding hydrogens is 244 g/mol. The molecule has 0 radical (unpaired) electrons. The second kappa shape index (κ2) is 6.14. The number of nitrogens with zero attached hydrogens (tertiary/aromatic N) is 4. The van der Waals surface area contributed by atoms with E-state index in [-0.39, 0.29) is 5.91 Å². The highest BCUT2D eigenvalue weighted by molar-refractivity contribution is 5.73. The summed E-state index contributed by atoms with van der Waals surface area (Å²) in [5.41, 5.74) is 0. The zero-order valence-electron chi connectivity index (χ0n) is 11.9. The van der Waals surface area contributed by atoms with Crippen LogP contribution in [0.1, 0.15) is 32.5 Å². The first-order valence-corrected chi connectivity index (χ1v) is 6.84. The van der Waals surface area contributed by atoms with Crippen LogP contribution in [0.5, 0.6) is 0 Å². The third-order valence-electron chi connectivity index (χ3n) is 3.28. The lowest BCUT2D eigenvalue weighted by atomic mass is 10.1. The van der Waals surface area contributed by atoms with Gasteiger partial charge in [-0.1, -0.05) is 19.0 Å². The molecular formula is C13H22N4O2. The molecule has 0 bridgehead atoms. The summed E-state index contributed by atoms with van der Waals surface area (Å²) in [5, 5.41) is 3.99. The van der Waals surface area contributed by atoms with E-state index in [2.05, 4.69) is 28.9 Å². The van der Waals surface area contributed by atoms with Crippen LogP contribution in [-0.2, 0) is 17.8 Å². The van der Waals surface area contributed by atoms with E-state index >= 15 is 0 Å². The van der Waals surface area contributed by atoms with Crippen LogP contribution in [0.2, 0.25) is 0 Å². The number of amides is 1. The molecule has 1 amide bonds. The van der Waals surface area contributed by atoms with Gasteiger partial charge >= 0.3 is 0 Å². The molecule has 0 unspecified atom stereocenters. The Kier molecular flexibility index (Phi) is 4.52. The Morgan fingerprint density at radius 2 is 2.00 bits per heavy atom. The largest absolute Gasteiger partial charge is 0.340 e. The van der Waals surface area contributed by atoms with Crippen molar-refractivity contribution < 1.29 is 9.32 Å². The molecule has 6 nitrogen and oxygen atoms in total. The van der Waals surface area contributed by atoms with E-state index in [9.17, 15) is 4.79 Å². The van der Waals surface area contributed by atoms with Gasteiger partial charge in [0.15, 0.2) is 5.82 Å². The van der Waals surface area contributed by atoms with E-state index in [1.165, 1.54) is 0 Å². The summed E-state index contributed by atoms with van der Waals surface area (Å²) in [7, 11) is 0. The topological polar surface area (TPSA) is 62.5 Å². The van der Waals surface area contributed by atoms with Gasteiger partial charge in [0.25, 0.3) is 0 Å². The van der Waals surface area contributed by atoms with Crippen LogP contribution >= 0.6 is 0 Å². The van der Waals surface area contributed by atoms with Gasteiger partial charge in [0.2, 0.25) is 11.8 Å². The van der Waals surface area contributed by atoms with Crippen LogP contribution < -0.4 is 0 Å². The Bertz CT molecular complexity index is 422. The van der Waals surface area contributed by atoms with Crippen molar-refractivity contribution in [2.24, 2.45) is 5.92 Å². The van der Waals surface area contributed by atoms with Gasteiger partial charge in [-0.3, -0.25) is 9.69 Å². The Hall–Kier alpha value is -1.43. The van der Waals surface area contributed by atoms with E-state index in [0.29, 0.717) is 18.4 Å². The van der Waals surface area contributed by atoms with Gasteiger partial charge in [-0.05, 0) is 5.92 Å². The van der Waals surface area contributed by atoms with Crippen molar-refractivity contribution in [1.29, 1.82) is 0 Å². The molecule has 1 aromatic rings. The predicted octanol–water partition coefficient (Wildman–Crippen LogP) is 0.932. The number of carbonyl (C=O) groups is 1. The molecule has 1 aromatic heterocycles. The number of hydrogen-bond donors (Lipinski definition) is 0. The molecule has 0 N–H and O–H groups in total. The average molecular weight is 266 g/mol. The van der Waals surface area contributed by atoms with E-state index < -0.39 is 0 Å². The molecule has 6 heteroatoms. The maximum absolute atomic E-state index is 11.2. The summed E-state index contributed by atoms with van der Waals surface area (Å²) < 4.78 is 5.26. The third-order valence-corrected chi connectivity index (χ3v) is 3.28. The first-order valence-electron chi connectivity index (χ1n) is 6.84. The molecule has 1 fully saturated rings. The van der Waals surface area contributed by atoms with Gasteiger partial charge in [0.1, 0.15) is 0 Å². The van der Waals surface area contributed by atoms with Gasteiger partial charge in [-0.25, -0.2) is 0 Å². The fourth-order valence-corrected chi connectivity index (χ4v) is 2.21. The Morgan fingerprint density at radius 1 is 1.32 bits per heavy atom. The van der Waals surface area contributed by atoms with Crippen LogP contribution in [-0.4, -0.2) is 52.0 Å². The van der Waals surface area contributed by atoms with E-state index in [0.717, 1.165) is 38.4 Å². The van der Waals surface area contributed by atoms with Crippen LogP contribution in [0.3, 0.4) is 0 Å². The first kappa shape index (κ1) is 14.0.